The highest BCUT2D eigenvalue weighted by Gasteiger charge is 2.29. The third-order valence-electron chi connectivity index (χ3n) is 4.22. The van der Waals surface area contributed by atoms with Gasteiger partial charge < -0.3 is 15.0 Å². The lowest BCUT2D eigenvalue weighted by molar-refractivity contribution is 0.0509. The maximum Gasteiger partial charge on any atom is 0.407 e. The van der Waals surface area contributed by atoms with Gasteiger partial charge >= 0.3 is 6.09 Å². The summed E-state index contributed by atoms with van der Waals surface area (Å²) in [4.78, 5) is 14.0. The molecule has 24 heavy (non-hydrogen) atoms. The predicted octanol–water partition coefficient (Wildman–Crippen LogP) is 1.74. The van der Waals surface area contributed by atoms with Gasteiger partial charge in [0.1, 0.15) is 5.60 Å². The number of aromatic nitrogens is 4. The van der Waals surface area contributed by atoms with Crippen molar-refractivity contribution in [1.29, 1.82) is 0 Å². The molecular formula is C16H26N6O2. The van der Waals surface area contributed by atoms with Crippen LogP contribution in [-0.2, 0) is 11.3 Å². The van der Waals surface area contributed by atoms with Crippen LogP contribution in [0, 0.1) is 5.92 Å². The van der Waals surface area contributed by atoms with Crippen molar-refractivity contribution in [2.45, 2.75) is 58.2 Å². The largest absolute Gasteiger partial charge is 0.444 e. The molecule has 3 rings (SSSR count). The van der Waals surface area contributed by atoms with Crippen molar-refractivity contribution in [3.63, 3.8) is 0 Å². The number of anilines is 1. The van der Waals surface area contributed by atoms with Crippen LogP contribution < -0.4 is 10.2 Å². The number of ether oxygens (including phenoxy) is 1. The molecule has 132 valence electrons. The van der Waals surface area contributed by atoms with Crippen molar-refractivity contribution in [1.82, 2.24) is 25.5 Å². The molecule has 1 saturated heterocycles. The fourth-order valence-corrected chi connectivity index (χ4v) is 3.15. The average Bonchev–Trinajstić information content (AvgIpc) is 3.18. The second-order valence-corrected chi connectivity index (χ2v) is 7.50. The van der Waals surface area contributed by atoms with Crippen LogP contribution in [0.5, 0.6) is 0 Å². The first-order chi connectivity index (χ1) is 11.4. The van der Waals surface area contributed by atoms with Gasteiger partial charge in [-0.15, -0.1) is 0 Å². The number of carbonyl (C=O) groups is 1. The van der Waals surface area contributed by atoms with Crippen LogP contribution in [0.15, 0.2) is 12.2 Å². The highest BCUT2D eigenvalue weighted by Crippen LogP contribution is 2.22. The molecule has 1 N–H and O–H groups in total. The molecule has 0 spiro atoms. The Morgan fingerprint density at radius 2 is 2.25 bits per heavy atom. The predicted molar refractivity (Wildman–Crippen MR) is 89.7 cm³/mol. The number of nitrogens with one attached hydrogen (secondary N) is 1. The summed E-state index contributed by atoms with van der Waals surface area (Å²) in [6.45, 7) is 7.90. The zero-order valence-electron chi connectivity index (χ0n) is 14.6. The highest BCUT2D eigenvalue weighted by atomic mass is 16.6. The van der Waals surface area contributed by atoms with Crippen LogP contribution in [0.25, 0.3) is 0 Å². The van der Waals surface area contributed by atoms with Crippen LogP contribution >= 0.6 is 0 Å². The zero-order chi connectivity index (χ0) is 17.2. The Morgan fingerprint density at radius 3 is 2.96 bits per heavy atom. The summed E-state index contributed by atoms with van der Waals surface area (Å²) < 4.78 is 7.19. The maximum atomic E-state index is 11.9. The van der Waals surface area contributed by atoms with Gasteiger partial charge in [-0.2, -0.15) is 0 Å². The van der Waals surface area contributed by atoms with E-state index in [9.17, 15) is 4.79 Å². The molecule has 1 aromatic heterocycles. The van der Waals surface area contributed by atoms with E-state index in [1.807, 2.05) is 25.5 Å². The molecule has 0 aromatic carbocycles. The summed E-state index contributed by atoms with van der Waals surface area (Å²) >= 11 is 0. The number of allylic oxidation sites excluding steroid dienone is 2. The fraction of sp³-hybridized carbons (Fsp3) is 0.750. The molecule has 0 saturated carbocycles. The first kappa shape index (κ1) is 16.7. The van der Waals surface area contributed by atoms with Gasteiger partial charge in [0.2, 0.25) is 5.95 Å². The fourth-order valence-electron chi connectivity index (χ4n) is 3.15. The Bertz CT molecular complexity index is 606. The highest BCUT2D eigenvalue weighted by molar-refractivity contribution is 5.68. The van der Waals surface area contributed by atoms with E-state index in [4.69, 9.17) is 4.74 Å². The van der Waals surface area contributed by atoms with Crippen LogP contribution in [0.2, 0.25) is 0 Å². The van der Waals surface area contributed by atoms with Gasteiger partial charge in [-0.3, -0.25) is 0 Å². The number of carbonyl (C=O) groups excluding carboxylic acids is 1. The third-order valence-corrected chi connectivity index (χ3v) is 4.22. The summed E-state index contributed by atoms with van der Waals surface area (Å²) in [5.74, 6) is 1.29. The van der Waals surface area contributed by atoms with Gasteiger partial charge in [0.25, 0.3) is 0 Å². The molecule has 2 aliphatic rings. The van der Waals surface area contributed by atoms with E-state index in [0.717, 1.165) is 38.3 Å². The first-order valence-corrected chi connectivity index (χ1v) is 8.58. The van der Waals surface area contributed by atoms with Crippen molar-refractivity contribution in [2.75, 3.05) is 18.0 Å². The number of hydrogen-bond donors (Lipinski definition) is 1. The quantitative estimate of drug-likeness (QED) is 0.844. The Kier molecular flexibility index (Phi) is 4.73. The minimum absolute atomic E-state index is 0.0522. The minimum Gasteiger partial charge on any atom is -0.444 e. The van der Waals surface area contributed by atoms with Crippen molar-refractivity contribution in [3.8, 4) is 0 Å². The van der Waals surface area contributed by atoms with Crippen LogP contribution in [0.4, 0.5) is 10.7 Å². The molecule has 1 fully saturated rings. The third kappa shape index (κ3) is 4.24. The lowest BCUT2D eigenvalue weighted by atomic mass is 10.1. The van der Waals surface area contributed by atoms with Crippen molar-refractivity contribution >= 4 is 12.0 Å². The number of rotatable bonds is 4. The van der Waals surface area contributed by atoms with E-state index in [1.54, 1.807) is 0 Å². The number of nitrogens with zero attached hydrogens (tertiary/aromatic N) is 5. The molecule has 1 aromatic rings. The Labute approximate surface area is 142 Å². The monoisotopic (exact) mass is 334 g/mol. The Morgan fingerprint density at radius 1 is 1.42 bits per heavy atom. The lowest BCUT2D eigenvalue weighted by Crippen LogP contribution is -2.40. The van der Waals surface area contributed by atoms with Crippen molar-refractivity contribution in [2.24, 2.45) is 5.92 Å². The molecule has 1 aliphatic carbocycles. The summed E-state index contributed by atoms with van der Waals surface area (Å²) in [5, 5.41) is 15.1. The normalized spacial score (nSPS) is 23.7. The smallest absolute Gasteiger partial charge is 0.407 e. The van der Waals surface area contributed by atoms with Crippen molar-refractivity contribution < 1.29 is 9.53 Å². The zero-order valence-corrected chi connectivity index (χ0v) is 14.6. The number of alkyl carbamates (subject to hydrolysis) is 1. The van der Waals surface area contributed by atoms with E-state index in [-0.39, 0.29) is 12.1 Å². The minimum atomic E-state index is -0.485. The molecule has 1 unspecified atom stereocenters. The molecule has 8 heteroatoms. The van der Waals surface area contributed by atoms with E-state index in [0.29, 0.717) is 12.5 Å². The maximum absolute atomic E-state index is 11.9. The Hall–Kier alpha value is -2.12. The van der Waals surface area contributed by atoms with Gasteiger partial charge in [0.05, 0.1) is 12.6 Å². The number of amides is 1. The first-order valence-electron chi connectivity index (χ1n) is 8.58. The second kappa shape index (κ2) is 6.78. The number of tetrazole rings is 1. The van der Waals surface area contributed by atoms with Gasteiger partial charge in [0.15, 0.2) is 0 Å². The molecule has 0 radical (unpaired) electrons. The molecule has 1 amide bonds. The Balaban J connectivity index is 1.55. The van der Waals surface area contributed by atoms with Crippen LogP contribution in [0.3, 0.4) is 0 Å². The molecule has 2 heterocycles. The van der Waals surface area contributed by atoms with Crippen LogP contribution in [-0.4, -0.2) is 51.0 Å². The lowest BCUT2D eigenvalue weighted by Gasteiger charge is -2.22. The summed E-state index contributed by atoms with van der Waals surface area (Å²) in [6.07, 6.45) is 7.23. The topological polar surface area (TPSA) is 85.2 Å². The van der Waals surface area contributed by atoms with Crippen LogP contribution in [0.1, 0.15) is 40.0 Å². The molecule has 2 atom stereocenters. The summed E-state index contributed by atoms with van der Waals surface area (Å²) in [6, 6.07) is 0.0522. The van der Waals surface area contributed by atoms with Crippen molar-refractivity contribution in [3.05, 3.63) is 12.2 Å². The van der Waals surface area contributed by atoms with E-state index in [1.165, 1.54) is 0 Å². The standard InChI is InChI=1S/C16H26N6O2/c1-16(2,3)24-15(23)17-13-8-9-21(11-13)14-18-19-20-22(14)10-12-6-4-5-7-12/h4,6,12-13H,5,7-11H2,1-3H3,(H,17,23)/t12?,13-/m1/s1. The van der Waals surface area contributed by atoms with Gasteiger partial charge in [-0.1, -0.05) is 17.3 Å². The van der Waals surface area contributed by atoms with Gasteiger partial charge in [0, 0.05) is 13.1 Å². The molecule has 1 aliphatic heterocycles. The molecule has 8 nitrogen and oxygen atoms in total. The summed E-state index contributed by atoms with van der Waals surface area (Å²) in [7, 11) is 0. The van der Waals surface area contributed by atoms with Gasteiger partial charge in [-0.25, -0.2) is 9.48 Å². The second-order valence-electron chi connectivity index (χ2n) is 7.50. The van der Waals surface area contributed by atoms with E-state index in [2.05, 4.69) is 37.9 Å². The molecular weight excluding hydrogens is 308 g/mol. The van der Waals surface area contributed by atoms with E-state index < -0.39 is 5.60 Å². The SMILES string of the molecule is CC(C)(C)OC(=O)N[C@@H]1CCN(c2nnnn2CC2C=CCC2)C1. The number of hydrogen-bond acceptors (Lipinski definition) is 6. The summed E-state index contributed by atoms with van der Waals surface area (Å²) in [5.41, 5.74) is -0.485. The molecule has 0 bridgehead atoms. The average molecular weight is 334 g/mol. The van der Waals surface area contributed by atoms with E-state index >= 15 is 0 Å². The van der Waals surface area contributed by atoms with Gasteiger partial charge in [-0.05, 0) is 56.4 Å².